The summed E-state index contributed by atoms with van der Waals surface area (Å²) in [6.07, 6.45) is -3.26. The smallest absolute Gasteiger partial charge is 0.273 e. The fourth-order valence-electron chi connectivity index (χ4n) is 0.862. The summed E-state index contributed by atoms with van der Waals surface area (Å²) in [5, 5.41) is 0. The van der Waals surface area contributed by atoms with Gasteiger partial charge in [0.1, 0.15) is 6.17 Å². The van der Waals surface area contributed by atoms with Crippen LogP contribution in [0.3, 0.4) is 0 Å². The Balaban J connectivity index is 4.10. The van der Waals surface area contributed by atoms with E-state index in [4.69, 9.17) is 0 Å². The summed E-state index contributed by atoms with van der Waals surface area (Å²) < 4.78 is 41.9. The molecule has 4 heteroatoms. The second kappa shape index (κ2) is 3.95. The quantitative estimate of drug-likeness (QED) is 0.629. The molecule has 0 heterocycles. The maximum atomic E-state index is 12.5. The van der Waals surface area contributed by atoms with Crippen molar-refractivity contribution in [3.8, 4) is 0 Å². The highest BCUT2D eigenvalue weighted by Crippen LogP contribution is 2.24. The molecule has 0 aromatic heterocycles. The number of alkyl halides is 3. The van der Waals surface area contributed by atoms with Gasteiger partial charge in [0.05, 0.1) is 0 Å². The van der Waals surface area contributed by atoms with Crippen molar-refractivity contribution in [3.05, 3.63) is 0 Å². The predicted molar refractivity (Wildman–Crippen MR) is 36.6 cm³/mol. The minimum absolute atomic E-state index is 0.0996. The van der Waals surface area contributed by atoms with Crippen LogP contribution in [-0.4, -0.2) is 24.8 Å². The first kappa shape index (κ1) is 10.8. The molecule has 68 valence electrons. The second-order valence-corrected chi connectivity index (χ2v) is 2.51. The van der Waals surface area contributed by atoms with E-state index >= 15 is 0 Å². The molecule has 2 unspecified atom stereocenters. The Kier molecular flexibility index (Phi) is 3.86. The molecular formula is C7H13F3O. The lowest BCUT2D eigenvalue weighted by Gasteiger charge is -2.24. The zero-order chi connectivity index (χ0) is 9.07. The molecule has 0 saturated carbocycles. The van der Waals surface area contributed by atoms with E-state index < -0.39 is 18.2 Å². The summed E-state index contributed by atoms with van der Waals surface area (Å²) in [5.74, 6) is -3.11. The van der Waals surface area contributed by atoms with E-state index in [0.29, 0.717) is 6.92 Å². The lowest BCUT2D eigenvalue weighted by atomic mass is 10.1. The average Bonchev–Trinajstić information content (AvgIpc) is 1.79. The molecule has 0 rings (SSSR count). The van der Waals surface area contributed by atoms with Crippen molar-refractivity contribution >= 4 is 0 Å². The number of rotatable bonds is 4. The van der Waals surface area contributed by atoms with Crippen molar-refractivity contribution in [2.45, 2.75) is 39.0 Å². The minimum atomic E-state index is -3.11. The van der Waals surface area contributed by atoms with Crippen LogP contribution in [0.1, 0.15) is 20.8 Å². The predicted octanol–water partition coefficient (Wildman–Crippen LogP) is 2.40. The van der Waals surface area contributed by atoms with Crippen molar-refractivity contribution in [3.63, 3.8) is 0 Å². The third-order valence-electron chi connectivity index (χ3n) is 1.26. The van der Waals surface area contributed by atoms with E-state index in [-0.39, 0.29) is 6.61 Å². The number of hydrogen-bond donors (Lipinski definition) is 0. The van der Waals surface area contributed by atoms with Crippen molar-refractivity contribution < 1.29 is 17.9 Å². The van der Waals surface area contributed by atoms with Crippen LogP contribution < -0.4 is 0 Å². The van der Waals surface area contributed by atoms with E-state index in [0.717, 1.165) is 6.92 Å². The van der Waals surface area contributed by atoms with E-state index in [1.165, 1.54) is 0 Å². The molecular weight excluding hydrogens is 157 g/mol. The molecule has 0 N–H and O–H groups in total. The minimum Gasteiger partial charge on any atom is -0.369 e. The molecule has 0 aliphatic carbocycles. The van der Waals surface area contributed by atoms with E-state index in [9.17, 15) is 13.2 Å². The first-order chi connectivity index (χ1) is 4.89. The van der Waals surface area contributed by atoms with E-state index in [1.807, 2.05) is 0 Å². The van der Waals surface area contributed by atoms with Gasteiger partial charge in [-0.25, -0.2) is 13.2 Å². The highest BCUT2D eigenvalue weighted by molar-refractivity contribution is 4.77. The van der Waals surface area contributed by atoms with E-state index in [2.05, 4.69) is 4.74 Å². The van der Waals surface area contributed by atoms with Gasteiger partial charge < -0.3 is 4.74 Å². The van der Waals surface area contributed by atoms with Gasteiger partial charge >= 0.3 is 0 Å². The molecule has 0 aromatic carbocycles. The molecule has 0 spiro atoms. The molecule has 0 radical (unpaired) electrons. The largest absolute Gasteiger partial charge is 0.369 e. The second-order valence-electron chi connectivity index (χ2n) is 2.51. The van der Waals surface area contributed by atoms with Crippen LogP contribution >= 0.6 is 0 Å². The molecule has 0 amide bonds. The lowest BCUT2D eigenvalue weighted by molar-refractivity contribution is -0.147. The topological polar surface area (TPSA) is 9.23 Å². The van der Waals surface area contributed by atoms with E-state index in [1.54, 1.807) is 6.92 Å². The average molecular weight is 170 g/mol. The Morgan fingerprint density at radius 1 is 1.45 bits per heavy atom. The summed E-state index contributed by atoms with van der Waals surface area (Å²) in [5.41, 5.74) is 0. The fourth-order valence-corrected chi connectivity index (χ4v) is 0.862. The van der Waals surface area contributed by atoms with Crippen LogP contribution in [-0.2, 0) is 4.74 Å². The van der Waals surface area contributed by atoms with Crippen LogP contribution in [0.5, 0.6) is 0 Å². The molecule has 1 nitrogen and oxygen atoms in total. The molecule has 0 fully saturated rings. The molecule has 0 aromatic rings. The Morgan fingerprint density at radius 2 is 1.91 bits per heavy atom. The normalized spacial score (nSPS) is 18.0. The van der Waals surface area contributed by atoms with Crippen LogP contribution in [0, 0.1) is 0 Å². The molecule has 2 atom stereocenters. The van der Waals surface area contributed by atoms with Crippen LogP contribution in [0.2, 0.25) is 0 Å². The van der Waals surface area contributed by atoms with Gasteiger partial charge in [-0.1, -0.05) is 0 Å². The van der Waals surface area contributed by atoms with Crippen molar-refractivity contribution in [1.29, 1.82) is 0 Å². The third-order valence-corrected chi connectivity index (χ3v) is 1.26. The number of halogens is 3. The standard InChI is InChI=1S/C7H13F3O/c1-4-11-6(5(2)8)7(3,9)10/h5-6H,4H2,1-3H3. The van der Waals surface area contributed by atoms with Gasteiger partial charge in [-0.3, -0.25) is 0 Å². The first-order valence-corrected chi connectivity index (χ1v) is 3.53. The molecule has 0 aliphatic rings. The highest BCUT2D eigenvalue weighted by Gasteiger charge is 2.39. The van der Waals surface area contributed by atoms with Gasteiger partial charge in [-0.2, -0.15) is 0 Å². The Bertz CT molecular complexity index is 109. The summed E-state index contributed by atoms with van der Waals surface area (Å²) in [4.78, 5) is 0. The monoisotopic (exact) mass is 170 g/mol. The lowest BCUT2D eigenvalue weighted by Crippen LogP contribution is -2.39. The SMILES string of the molecule is CCOC(C(C)F)C(C)(F)F. The Hall–Kier alpha value is -0.250. The van der Waals surface area contributed by atoms with Gasteiger partial charge in [0.2, 0.25) is 0 Å². The van der Waals surface area contributed by atoms with Crippen molar-refractivity contribution in [2.24, 2.45) is 0 Å². The summed E-state index contributed by atoms with van der Waals surface area (Å²) in [6.45, 7) is 3.38. The van der Waals surface area contributed by atoms with Gasteiger partial charge in [0.25, 0.3) is 5.92 Å². The van der Waals surface area contributed by atoms with Gasteiger partial charge in [-0.15, -0.1) is 0 Å². The van der Waals surface area contributed by atoms with Crippen LogP contribution in [0.25, 0.3) is 0 Å². The third kappa shape index (κ3) is 3.60. The summed E-state index contributed by atoms with van der Waals surface area (Å²) in [7, 11) is 0. The van der Waals surface area contributed by atoms with Gasteiger partial charge in [0, 0.05) is 13.5 Å². The van der Waals surface area contributed by atoms with Crippen LogP contribution in [0.15, 0.2) is 0 Å². The fraction of sp³-hybridized carbons (Fsp3) is 1.00. The number of hydrogen-bond acceptors (Lipinski definition) is 1. The maximum absolute atomic E-state index is 12.5. The maximum Gasteiger partial charge on any atom is 0.273 e. The molecule has 0 aliphatic heterocycles. The zero-order valence-electron chi connectivity index (χ0n) is 6.90. The molecule has 0 bridgehead atoms. The highest BCUT2D eigenvalue weighted by atomic mass is 19.3. The summed E-state index contributed by atoms with van der Waals surface area (Å²) in [6, 6.07) is 0. The summed E-state index contributed by atoms with van der Waals surface area (Å²) >= 11 is 0. The van der Waals surface area contributed by atoms with Crippen LogP contribution in [0.4, 0.5) is 13.2 Å². The number of ether oxygens (including phenoxy) is 1. The van der Waals surface area contributed by atoms with Crippen molar-refractivity contribution in [1.82, 2.24) is 0 Å². The van der Waals surface area contributed by atoms with Gasteiger partial charge in [0.15, 0.2) is 6.10 Å². The Morgan fingerprint density at radius 3 is 2.00 bits per heavy atom. The molecule has 11 heavy (non-hydrogen) atoms. The molecule has 0 saturated heterocycles. The first-order valence-electron chi connectivity index (χ1n) is 3.53. The Labute approximate surface area is 64.5 Å². The van der Waals surface area contributed by atoms with Gasteiger partial charge in [-0.05, 0) is 13.8 Å². The van der Waals surface area contributed by atoms with Crippen molar-refractivity contribution in [2.75, 3.05) is 6.61 Å². The zero-order valence-corrected chi connectivity index (χ0v) is 6.90.